The third-order valence-corrected chi connectivity index (χ3v) is 1.15. The first-order valence-corrected chi connectivity index (χ1v) is 3.61. The van der Waals surface area contributed by atoms with Crippen molar-refractivity contribution >= 4 is 6.09 Å². The zero-order valence-corrected chi connectivity index (χ0v) is 7.31. The van der Waals surface area contributed by atoms with Gasteiger partial charge in [0.05, 0.1) is 0 Å². The highest BCUT2D eigenvalue weighted by atomic mass is 16.7. The molecule has 4 nitrogen and oxygen atoms in total. The molecule has 0 aliphatic carbocycles. The van der Waals surface area contributed by atoms with Gasteiger partial charge in [0.1, 0.15) is 0 Å². The Morgan fingerprint density at radius 2 is 2.09 bits per heavy atom. The first-order chi connectivity index (χ1) is 4.92. The predicted octanol–water partition coefficient (Wildman–Crippen LogP) is 1.02. The fraction of sp³-hybridized carbons (Fsp3) is 0.857. The van der Waals surface area contributed by atoms with Crippen LogP contribution >= 0.6 is 0 Å². The second-order valence-corrected chi connectivity index (χ2v) is 3.63. The van der Waals surface area contributed by atoms with Gasteiger partial charge in [-0.1, -0.05) is 20.8 Å². The summed E-state index contributed by atoms with van der Waals surface area (Å²) in [6.07, 6.45) is 0.138. The van der Waals surface area contributed by atoms with Crippen molar-refractivity contribution in [2.45, 2.75) is 27.2 Å². The zero-order chi connectivity index (χ0) is 8.91. The summed E-state index contributed by atoms with van der Waals surface area (Å²) >= 11 is 0. The molecular weight excluding hydrogens is 144 g/mol. The molecule has 0 saturated carbocycles. The molecule has 0 aromatic heterocycles. The topological polar surface area (TPSA) is 64.3 Å². The number of carbonyl (C=O) groups is 1. The second kappa shape index (κ2) is 4.18. The molecule has 0 radical (unpaired) electrons. The monoisotopic (exact) mass is 160 g/mol. The Labute approximate surface area is 67.0 Å². The van der Waals surface area contributed by atoms with Gasteiger partial charge in [-0.3, -0.25) is 0 Å². The quantitative estimate of drug-likeness (QED) is 0.478. The van der Waals surface area contributed by atoms with Crippen molar-refractivity contribution in [2.75, 3.05) is 6.54 Å². The Kier molecular flexibility index (Phi) is 3.89. The number of hydrogen-bond acceptors (Lipinski definition) is 3. The summed E-state index contributed by atoms with van der Waals surface area (Å²) in [5.74, 6) is 0. The molecule has 0 bridgehead atoms. The summed E-state index contributed by atoms with van der Waals surface area (Å²) in [6.45, 7) is 6.96. The lowest BCUT2D eigenvalue weighted by molar-refractivity contribution is 0.0924. The molecule has 0 heterocycles. The maximum atomic E-state index is 10.1. The van der Waals surface area contributed by atoms with E-state index in [0.717, 1.165) is 6.42 Å². The Morgan fingerprint density at radius 1 is 1.55 bits per heavy atom. The number of nitrogens with one attached hydrogen (secondary N) is 1. The fourth-order valence-corrected chi connectivity index (χ4v) is 0.548. The Bertz CT molecular complexity index is 129. The van der Waals surface area contributed by atoms with E-state index in [4.69, 9.17) is 5.73 Å². The molecule has 3 N–H and O–H groups in total. The minimum Gasteiger partial charge on any atom is -0.354 e. The van der Waals surface area contributed by atoms with Gasteiger partial charge in [0, 0.05) is 6.54 Å². The SMILES string of the molecule is CC(C)(C)CCNOC(N)=O. The van der Waals surface area contributed by atoms with Gasteiger partial charge in [0.2, 0.25) is 0 Å². The van der Waals surface area contributed by atoms with Crippen molar-refractivity contribution in [3.63, 3.8) is 0 Å². The molecule has 0 aliphatic rings. The maximum absolute atomic E-state index is 10.1. The number of primary amides is 1. The van der Waals surface area contributed by atoms with Gasteiger partial charge in [0.25, 0.3) is 0 Å². The molecule has 0 spiro atoms. The molecule has 0 fully saturated rings. The molecule has 0 aliphatic heterocycles. The van der Waals surface area contributed by atoms with Gasteiger partial charge < -0.3 is 10.6 Å². The lowest BCUT2D eigenvalue weighted by Gasteiger charge is -2.17. The molecule has 0 saturated heterocycles. The van der Waals surface area contributed by atoms with Crippen LogP contribution in [-0.4, -0.2) is 12.6 Å². The van der Waals surface area contributed by atoms with Crippen molar-refractivity contribution in [3.8, 4) is 0 Å². The molecule has 0 unspecified atom stereocenters. The lowest BCUT2D eigenvalue weighted by Crippen LogP contribution is -2.27. The summed E-state index contributed by atoms with van der Waals surface area (Å²) in [4.78, 5) is 14.4. The van der Waals surface area contributed by atoms with Crippen LogP contribution in [0.3, 0.4) is 0 Å². The average Bonchev–Trinajstić information content (AvgIpc) is 1.78. The molecule has 66 valence electrons. The predicted molar refractivity (Wildman–Crippen MR) is 42.7 cm³/mol. The molecule has 11 heavy (non-hydrogen) atoms. The normalized spacial score (nSPS) is 11.2. The molecule has 0 aromatic rings. The van der Waals surface area contributed by atoms with E-state index in [1.165, 1.54) is 0 Å². The average molecular weight is 160 g/mol. The van der Waals surface area contributed by atoms with Crippen LogP contribution in [0, 0.1) is 5.41 Å². The molecular formula is C7H16N2O2. The minimum atomic E-state index is -0.793. The number of hydrogen-bond donors (Lipinski definition) is 2. The van der Waals surface area contributed by atoms with E-state index in [1.54, 1.807) is 0 Å². The van der Waals surface area contributed by atoms with Gasteiger partial charge in [-0.25, -0.2) is 4.79 Å². The maximum Gasteiger partial charge on any atom is 0.423 e. The smallest absolute Gasteiger partial charge is 0.354 e. The molecule has 0 aromatic carbocycles. The lowest BCUT2D eigenvalue weighted by atomic mass is 9.93. The van der Waals surface area contributed by atoms with E-state index in [2.05, 4.69) is 31.1 Å². The number of hydroxylamine groups is 1. The van der Waals surface area contributed by atoms with Crippen molar-refractivity contribution in [1.29, 1.82) is 0 Å². The van der Waals surface area contributed by atoms with E-state index < -0.39 is 6.09 Å². The summed E-state index contributed by atoms with van der Waals surface area (Å²) < 4.78 is 0. The number of carbonyl (C=O) groups excluding carboxylic acids is 1. The number of amides is 1. The van der Waals surface area contributed by atoms with Crippen molar-refractivity contribution in [1.82, 2.24) is 5.48 Å². The third kappa shape index (κ3) is 9.23. The van der Waals surface area contributed by atoms with Gasteiger partial charge in [-0.2, -0.15) is 5.48 Å². The van der Waals surface area contributed by atoms with Gasteiger partial charge in [0.15, 0.2) is 0 Å². The van der Waals surface area contributed by atoms with Crippen LogP contribution in [0.1, 0.15) is 27.2 Å². The van der Waals surface area contributed by atoms with Crippen LogP contribution in [-0.2, 0) is 4.84 Å². The van der Waals surface area contributed by atoms with E-state index >= 15 is 0 Å². The number of rotatable bonds is 3. The van der Waals surface area contributed by atoms with Crippen LogP contribution in [0.2, 0.25) is 0 Å². The van der Waals surface area contributed by atoms with Crippen LogP contribution in [0.4, 0.5) is 4.79 Å². The van der Waals surface area contributed by atoms with Gasteiger partial charge >= 0.3 is 6.09 Å². The van der Waals surface area contributed by atoms with E-state index in [1.807, 2.05) is 0 Å². The summed E-state index contributed by atoms with van der Waals surface area (Å²) in [6, 6.07) is 0. The highest BCUT2D eigenvalue weighted by molar-refractivity contribution is 5.64. The Hall–Kier alpha value is -0.770. The second-order valence-electron chi connectivity index (χ2n) is 3.63. The molecule has 0 atom stereocenters. The van der Waals surface area contributed by atoms with Crippen LogP contribution < -0.4 is 11.2 Å². The van der Waals surface area contributed by atoms with Crippen molar-refractivity contribution < 1.29 is 9.63 Å². The first kappa shape index (κ1) is 10.2. The van der Waals surface area contributed by atoms with Crippen LogP contribution in [0.5, 0.6) is 0 Å². The summed E-state index contributed by atoms with van der Waals surface area (Å²) in [5, 5.41) is 0. The largest absolute Gasteiger partial charge is 0.423 e. The Balaban J connectivity index is 3.22. The third-order valence-electron chi connectivity index (χ3n) is 1.15. The van der Waals surface area contributed by atoms with E-state index in [0.29, 0.717) is 6.54 Å². The summed E-state index contributed by atoms with van der Waals surface area (Å²) in [7, 11) is 0. The van der Waals surface area contributed by atoms with Crippen molar-refractivity contribution in [3.05, 3.63) is 0 Å². The van der Waals surface area contributed by atoms with Crippen LogP contribution in [0.15, 0.2) is 0 Å². The standard InChI is InChI=1S/C7H16N2O2/c1-7(2,3)4-5-9-11-6(8)10/h9H,4-5H2,1-3H3,(H2,8,10). The Morgan fingerprint density at radius 3 is 2.45 bits per heavy atom. The first-order valence-electron chi connectivity index (χ1n) is 3.61. The van der Waals surface area contributed by atoms with E-state index in [-0.39, 0.29) is 5.41 Å². The van der Waals surface area contributed by atoms with E-state index in [9.17, 15) is 4.79 Å². The van der Waals surface area contributed by atoms with Gasteiger partial charge in [-0.05, 0) is 11.8 Å². The minimum absolute atomic E-state index is 0.244. The van der Waals surface area contributed by atoms with Gasteiger partial charge in [-0.15, -0.1) is 0 Å². The fourth-order valence-electron chi connectivity index (χ4n) is 0.548. The molecule has 1 amide bonds. The highest BCUT2D eigenvalue weighted by Crippen LogP contribution is 2.16. The van der Waals surface area contributed by atoms with Crippen LogP contribution in [0.25, 0.3) is 0 Å². The number of nitrogens with two attached hydrogens (primary N) is 1. The highest BCUT2D eigenvalue weighted by Gasteiger charge is 2.08. The zero-order valence-electron chi connectivity index (χ0n) is 7.31. The molecule has 0 rings (SSSR count). The van der Waals surface area contributed by atoms with Crippen molar-refractivity contribution in [2.24, 2.45) is 11.1 Å². The summed E-state index contributed by atoms with van der Waals surface area (Å²) in [5.41, 5.74) is 7.43. The molecule has 4 heteroatoms.